The van der Waals surface area contributed by atoms with Crippen molar-refractivity contribution in [3.05, 3.63) is 15.6 Å². The summed E-state index contributed by atoms with van der Waals surface area (Å²) >= 11 is 1.58. The first-order valence-corrected chi connectivity index (χ1v) is 8.63. The molecule has 0 bridgehead atoms. The summed E-state index contributed by atoms with van der Waals surface area (Å²) in [5.41, 5.74) is 0.149. The van der Waals surface area contributed by atoms with Crippen molar-refractivity contribution in [2.24, 2.45) is 5.92 Å². The van der Waals surface area contributed by atoms with Gasteiger partial charge in [-0.1, -0.05) is 6.92 Å². The lowest BCUT2D eigenvalue weighted by molar-refractivity contribution is -0.0776. The second-order valence-electron chi connectivity index (χ2n) is 5.75. The molecule has 1 saturated carbocycles. The highest BCUT2D eigenvalue weighted by Crippen LogP contribution is 2.44. The number of nitrogens with zero attached hydrogens (tertiary/aromatic N) is 1. The van der Waals surface area contributed by atoms with Gasteiger partial charge in [-0.3, -0.25) is 0 Å². The average molecular weight is 311 g/mol. The van der Waals surface area contributed by atoms with Crippen LogP contribution in [-0.2, 0) is 15.1 Å². The largest absolute Gasteiger partial charge is 0.461 e. The second kappa shape index (κ2) is 6.88. The summed E-state index contributed by atoms with van der Waals surface area (Å²) in [4.78, 5) is 17.5. The Morgan fingerprint density at radius 3 is 2.57 bits per heavy atom. The predicted octanol–water partition coefficient (Wildman–Crippen LogP) is 4.07. The van der Waals surface area contributed by atoms with Crippen LogP contribution < -0.4 is 0 Å². The third kappa shape index (κ3) is 3.46. The van der Waals surface area contributed by atoms with Gasteiger partial charge in [0.2, 0.25) is 0 Å². The molecule has 5 heteroatoms. The maximum atomic E-state index is 12.0. The van der Waals surface area contributed by atoms with Gasteiger partial charge in [-0.2, -0.15) is 0 Å². The molecule has 0 saturated heterocycles. The molecule has 1 heterocycles. The maximum Gasteiger partial charge on any atom is 0.358 e. The van der Waals surface area contributed by atoms with Gasteiger partial charge < -0.3 is 9.47 Å². The summed E-state index contributed by atoms with van der Waals surface area (Å²) in [6.07, 6.45) is 4.26. The van der Waals surface area contributed by atoms with Crippen LogP contribution >= 0.6 is 11.3 Å². The number of thiazole rings is 1. The van der Waals surface area contributed by atoms with E-state index >= 15 is 0 Å². The fourth-order valence-corrected chi connectivity index (χ4v) is 4.01. The lowest BCUT2D eigenvalue weighted by Crippen LogP contribution is -2.34. The third-order valence-electron chi connectivity index (χ3n) is 4.16. The van der Waals surface area contributed by atoms with Crippen molar-refractivity contribution in [3.63, 3.8) is 0 Å². The molecule has 1 aromatic rings. The van der Waals surface area contributed by atoms with E-state index in [9.17, 15) is 4.79 Å². The van der Waals surface area contributed by atoms with E-state index in [2.05, 4.69) is 11.9 Å². The van der Waals surface area contributed by atoms with Gasteiger partial charge >= 0.3 is 5.97 Å². The van der Waals surface area contributed by atoms with E-state index < -0.39 is 0 Å². The average Bonchev–Trinajstić information content (AvgIpc) is 2.85. The number of hydrogen-bond acceptors (Lipinski definition) is 5. The number of aromatic nitrogens is 1. The van der Waals surface area contributed by atoms with Crippen molar-refractivity contribution in [2.75, 3.05) is 13.2 Å². The summed E-state index contributed by atoms with van der Waals surface area (Å²) in [5, 5.41) is 0.941. The van der Waals surface area contributed by atoms with Crippen LogP contribution in [0.5, 0.6) is 0 Å². The van der Waals surface area contributed by atoms with Gasteiger partial charge in [0.15, 0.2) is 5.69 Å². The molecule has 0 amide bonds. The number of carbonyl (C=O) groups excluding carboxylic acids is 1. The van der Waals surface area contributed by atoms with Gasteiger partial charge in [0.25, 0.3) is 0 Å². The molecule has 0 unspecified atom stereocenters. The van der Waals surface area contributed by atoms with Gasteiger partial charge in [0.05, 0.1) is 6.61 Å². The SMILES string of the molecule is CCOC(=O)c1nc(C2(OCC)CCC(C)CC2)sc1C. The number of ether oxygens (including phenoxy) is 2. The Morgan fingerprint density at radius 2 is 2.00 bits per heavy atom. The molecule has 2 rings (SSSR count). The number of esters is 1. The predicted molar refractivity (Wildman–Crippen MR) is 83.7 cm³/mol. The highest BCUT2D eigenvalue weighted by atomic mass is 32.1. The van der Waals surface area contributed by atoms with Crippen LogP contribution in [0.1, 0.15) is 66.8 Å². The summed E-state index contributed by atoms with van der Waals surface area (Å²) in [7, 11) is 0. The fraction of sp³-hybridized carbons (Fsp3) is 0.750. The van der Waals surface area contributed by atoms with E-state index in [1.165, 1.54) is 0 Å². The third-order valence-corrected chi connectivity index (χ3v) is 5.31. The molecule has 1 fully saturated rings. The van der Waals surface area contributed by atoms with E-state index in [4.69, 9.17) is 9.47 Å². The van der Waals surface area contributed by atoms with Crippen molar-refractivity contribution in [1.82, 2.24) is 4.98 Å². The Morgan fingerprint density at radius 1 is 1.33 bits per heavy atom. The van der Waals surface area contributed by atoms with E-state index in [1.807, 2.05) is 20.8 Å². The highest BCUT2D eigenvalue weighted by molar-refractivity contribution is 7.12. The highest BCUT2D eigenvalue weighted by Gasteiger charge is 2.40. The van der Waals surface area contributed by atoms with E-state index in [1.54, 1.807) is 11.3 Å². The zero-order chi connectivity index (χ0) is 15.5. The monoisotopic (exact) mass is 311 g/mol. The van der Waals surface area contributed by atoms with Gasteiger partial charge in [0, 0.05) is 11.5 Å². The minimum absolute atomic E-state index is 0.304. The second-order valence-corrected chi connectivity index (χ2v) is 6.96. The van der Waals surface area contributed by atoms with Crippen molar-refractivity contribution in [2.45, 2.75) is 59.0 Å². The minimum Gasteiger partial charge on any atom is -0.461 e. The minimum atomic E-state index is -0.326. The van der Waals surface area contributed by atoms with Crippen LogP contribution in [0, 0.1) is 12.8 Å². The number of hydrogen-bond donors (Lipinski definition) is 0. The first-order valence-electron chi connectivity index (χ1n) is 7.81. The number of carbonyl (C=O) groups is 1. The smallest absolute Gasteiger partial charge is 0.358 e. The Hall–Kier alpha value is -0.940. The zero-order valence-electron chi connectivity index (χ0n) is 13.4. The van der Waals surface area contributed by atoms with Crippen LogP contribution in [0.3, 0.4) is 0 Å². The van der Waals surface area contributed by atoms with Crippen LogP contribution in [0.4, 0.5) is 0 Å². The van der Waals surface area contributed by atoms with Crippen LogP contribution in [0.15, 0.2) is 0 Å². The first-order chi connectivity index (χ1) is 10.0. The molecule has 0 aromatic carbocycles. The molecule has 118 valence electrons. The maximum absolute atomic E-state index is 12.0. The molecule has 0 atom stereocenters. The summed E-state index contributed by atoms with van der Waals surface area (Å²) < 4.78 is 11.2. The molecule has 4 nitrogen and oxygen atoms in total. The van der Waals surface area contributed by atoms with Crippen molar-refractivity contribution in [3.8, 4) is 0 Å². The van der Waals surface area contributed by atoms with Crippen molar-refractivity contribution < 1.29 is 14.3 Å². The lowest BCUT2D eigenvalue weighted by atomic mass is 9.79. The standard InChI is InChI=1S/C16H25NO3S/c1-5-19-14(18)13-12(4)21-15(17-13)16(20-6-2)9-7-11(3)8-10-16/h11H,5-10H2,1-4H3. The topological polar surface area (TPSA) is 48.4 Å². The molecular weight excluding hydrogens is 286 g/mol. The first kappa shape index (κ1) is 16.4. The normalized spacial score (nSPS) is 25.8. The quantitative estimate of drug-likeness (QED) is 0.769. The molecule has 0 N–H and O–H groups in total. The van der Waals surface area contributed by atoms with Crippen molar-refractivity contribution >= 4 is 17.3 Å². The molecule has 1 aromatic heterocycles. The number of aryl methyl sites for hydroxylation is 1. The molecular formula is C16H25NO3S. The van der Waals surface area contributed by atoms with Gasteiger partial charge in [-0.15, -0.1) is 11.3 Å². The van der Waals surface area contributed by atoms with Gasteiger partial charge in [-0.05, 0) is 52.4 Å². The van der Waals surface area contributed by atoms with Crippen molar-refractivity contribution in [1.29, 1.82) is 0 Å². The van der Waals surface area contributed by atoms with E-state index in [0.717, 1.165) is 41.5 Å². The van der Waals surface area contributed by atoms with E-state index in [-0.39, 0.29) is 11.6 Å². The fourth-order valence-electron chi connectivity index (χ4n) is 2.90. The molecule has 0 aliphatic heterocycles. The number of rotatable bonds is 5. The van der Waals surface area contributed by atoms with Crippen LogP contribution in [0.2, 0.25) is 0 Å². The zero-order valence-corrected chi connectivity index (χ0v) is 14.2. The molecule has 21 heavy (non-hydrogen) atoms. The summed E-state index contributed by atoms with van der Waals surface area (Å²) in [5.74, 6) is 0.414. The Bertz CT molecular complexity index is 490. The molecule has 1 aliphatic carbocycles. The Balaban J connectivity index is 2.29. The summed E-state index contributed by atoms with van der Waals surface area (Å²) in [6.45, 7) is 9.09. The van der Waals surface area contributed by atoms with Gasteiger partial charge in [-0.25, -0.2) is 9.78 Å². The van der Waals surface area contributed by atoms with Crippen LogP contribution in [0.25, 0.3) is 0 Å². The molecule has 1 aliphatic rings. The molecule has 0 spiro atoms. The van der Waals surface area contributed by atoms with E-state index in [0.29, 0.717) is 18.9 Å². The summed E-state index contributed by atoms with van der Waals surface area (Å²) in [6, 6.07) is 0. The Kier molecular flexibility index (Phi) is 5.38. The molecule has 0 radical (unpaired) electrons. The Labute approximate surface area is 130 Å². The lowest BCUT2D eigenvalue weighted by Gasteiger charge is -2.37. The van der Waals surface area contributed by atoms with Gasteiger partial charge in [0.1, 0.15) is 10.6 Å². The van der Waals surface area contributed by atoms with Crippen LogP contribution in [-0.4, -0.2) is 24.2 Å².